The SMILES string of the molecule is CC(c1ccccc1F)N(C)C(CN)C1CCC1. The summed E-state index contributed by atoms with van der Waals surface area (Å²) in [6, 6.07) is 7.46. The summed E-state index contributed by atoms with van der Waals surface area (Å²) in [5, 5.41) is 0. The van der Waals surface area contributed by atoms with Gasteiger partial charge in [0.05, 0.1) is 0 Å². The van der Waals surface area contributed by atoms with Crippen LogP contribution in [0.1, 0.15) is 37.8 Å². The minimum atomic E-state index is -0.124. The molecule has 0 amide bonds. The number of halogens is 1. The van der Waals surface area contributed by atoms with Gasteiger partial charge in [-0.05, 0) is 38.8 Å². The molecule has 1 aromatic carbocycles. The average molecular weight is 250 g/mol. The second-order valence-corrected chi connectivity index (χ2v) is 5.36. The van der Waals surface area contributed by atoms with Crippen LogP contribution in [0, 0.1) is 11.7 Å². The van der Waals surface area contributed by atoms with Crippen molar-refractivity contribution < 1.29 is 4.39 Å². The van der Waals surface area contributed by atoms with E-state index in [-0.39, 0.29) is 11.9 Å². The summed E-state index contributed by atoms with van der Waals surface area (Å²) in [7, 11) is 2.06. The maximum Gasteiger partial charge on any atom is 0.127 e. The highest BCUT2D eigenvalue weighted by Crippen LogP contribution is 2.34. The van der Waals surface area contributed by atoms with Gasteiger partial charge in [-0.3, -0.25) is 4.90 Å². The van der Waals surface area contributed by atoms with Gasteiger partial charge >= 0.3 is 0 Å². The molecule has 2 N–H and O–H groups in total. The monoisotopic (exact) mass is 250 g/mol. The van der Waals surface area contributed by atoms with E-state index in [4.69, 9.17) is 5.73 Å². The molecule has 0 aliphatic heterocycles. The van der Waals surface area contributed by atoms with E-state index in [1.165, 1.54) is 25.3 Å². The van der Waals surface area contributed by atoms with Crippen molar-refractivity contribution in [3.05, 3.63) is 35.6 Å². The van der Waals surface area contributed by atoms with Crippen LogP contribution in [0.2, 0.25) is 0 Å². The Morgan fingerprint density at radius 2 is 2.06 bits per heavy atom. The zero-order chi connectivity index (χ0) is 13.1. The fourth-order valence-corrected chi connectivity index (χ4v) is 2.84. The van der Waals surface area contributed by atoms with E-state index in [1.54, 1.807) is 6.07 Å². The Labute approximate surface area is 109 Å². The van der Waals surface area contributed by atoms with Gasteiger partial charge in [-0.1, -0.05) is 24.6 Å². The molecule has 1 saturated carbocycles. The first-order valence-electron chi connectivity index (χ1n) is 6.81. The number of rotatable bonds is 5. The molecule has 0 heterocycles. The molecule has 18 heavy (non-hydrogen) atoms. The van der Waals surface area contributed by atoms with E-state index in [9.17, 15) is 4.39 Å². The topological polar surface area (TPSA) is 29.3 Å². The summed E-state index contributed by atoms with van der Waals surface area (Å²) in [4.78, 5) is 2.24. The first-order chi connectivity index (χ1) is 8.65. The molecule has 2 rings (SSSR count). The maximum absolute atomic E-state index is 13.8. The lowest BCUT2D eigenvalue weighted by Gasteiger charge is -2.41. The fraction of sp³-hybridized carbons (Fsp3) is 0.600. The summed E-state index contributed by atoms with van der Waals surface area (Å²) >= 11 is 0. The van der Waals surface area contributed by atoms with Crippen LogP contribution in [0.4, 0.5) is 4.39 Å². The second-order valence-electron chi connectivity index (χ2n) is 5.36. The summed E-state index contributed by atoms with van der Waals surface area (Å²) in [5.41, 5.74) is 6.66. The highest BCUT2D eigenvalue weighted by atomic mass is 19.1. The van der Waals surface area contributed by atoms with E-state index < -0.39 is 0 Å². The quantitative estimate of drug-likeness (QED) is 0.870. The van der Waals surface area contributed by atoms with Crippen LogP contribution in [0.15, 0.2) is 24.3 Å². The van der Waals surface area contributed by atoms with Gasteiger partial charge in [0.15, 0.2) is 0 Å². The molecule has 0 radical (unpaired) electrons. The van der Waals surface area contributed by atoms with Gasteiger partial charge in [0, 0.05) is 24.2 Å². The molecule has 2 unspecified atom stereocenters. The molecule has 1 aliphatic carbocycles. The lowest BCUT2D eigenvalue weighted by molar-refractivity contribution is 0.0918. The molecule has 0 saturated heterocycles. The average Bonchev–Trinajstić information content (AvgIpc) is 2.32. The molecule has 0 bridgehead atoms. The predicted octanol–water partition coefficient (Wildman–Crippen LogP) is 2.95. The van der Waals surface area contributed by atoms with E-state index in [1.807, 2.05) is 12.1 Å². The lowest BCUT2D eigenvalue weighted by Crippen LogP contribution is -2.46. The zero-order valence-electron chi connectivity index (χ0n) is 11.3. The standard InChI is InChI=1S/C15H23FN2/c1-11(13-8-3-4-9-14(13)16)18(2)15(10-17)12-6-5-7-12/h3-4,8-9,11-12,15H,5-7,10,17H2,1-2H3. The minimum Gasteiger partial charge on any atom is -0.329 e. The highest BCUT2D eigenvalue weighted by molar-refractivity contribution is 5.20. The smallest absolute Gasteiger partial charge is 0.127 e. The molecule has 1 fully saturated rings. The van der Waals surface area contributed by atoms with Crippen LogP contribution in [0.3, 0.4) is 0 Å². The maximum atomic E-state index is 13.8. The Morgan fingerprint density at radius 3 is 2.56 bits per heavy atom. The molecular formula is C15H23FN2. The fourth-order valence-electron chi connectivity index (χ4n) is 2.84. The van der Waals surface area contributed by atoms with Crippen molar-refractivity contribution in [2.45, 2.75) is 38.3 Å². The summed E-state index contributed by atoms with van der Waals surface area (Å²) in [5.74, 6) is 0.565. The van der Waals surface area contributed by atoms with Gasteiger partial charge in [0.2, 0.25) is 0 Å². The Kier molecular flexibility index (Phi) is 4.36. The van der Waals surface area contributed by atoms with E-state index in [2.05, 4.69) is 18.9 Å². The predicted molar refractivity (Wildman–Crippen MR) is 72.8 cm³/mol. The third kappa shape index (κ3) is 2.57. The summed E-state index contributed by atoms with van der Waals surface area (Å²) in [6.45, 7) is 2.71. The van der Waals surface area contributed by atoms with Crippen LogP contribution in [0.25, 0.3) is 0 Å². The van der Waals surface area contributed by atoms with Crippen molar-refractivity contribution >= 4 is 0 Å². The Morgan fingerprint density at radius 1 is 1.39 bits per heavy atom. The van der Waals surface area contributed by atoms with Crippen molar-refractivity contribution in [2.24, 2.45) is 11.7 Å². The first-order valence-corrected chi connectivity index (χ1v) is 6.81. The first kappa shape index (κ1) is 13.5. The largest absolute Gasteiger partial charge is 0.329 e. The van der Waals surface area contributed by atoms with Crippen LogP contribution in [0.5, 0.6) is 0 Å². The zero-order valence-corrected chi connectivity index (χ0v) is 11.3. The normalized spacial score (nSPS) is 19.6. The summed E-state index contributed by atoms with van der Waals surface area (Å²) in [6.07, 6.45) is 3.83. The minimum absolute atomic E-state index is 0.0698. The van der Waals surface area contributed by atoms with E-state index in [0.29, 0.717) is 18.5 Å². The molecule has 1 aromatic rings. The number of benzene rings is 1. The molecule has 2 nitrogen and oxygen atoms in total. The van der Waals surface area contributed by atoms with Gasteiger partial charge in [0.1, 0.15) is 5.82 Å². The van der Waals surface area contributed by atoms with Crippen molar-refractivity contribution in [1.82, 2.24) is 4.90 Å². The number of nitrogens with two attached hydrogens (primary N) is 1. The van der Waals surface area contributed by atoms with Gasteiger partial charge in [-0.25, -0.2) is 4.39 Å². The Hall–Kier alpha value is -0.930. The third-order valence-corrected chi connectivity index (χ3v) is 4.42. The molecule has 0 aromatic heterocycles. The Bertz CT molecular complexity index is 390. The third-order valence-electron chi connectivity index (χ3n) is 4.42. The van der Waals surface area contributed by atoms with Gasteiger partial charge in [-0.15, -0.1) is 0 Å². The molecule has 100 valence electrons. The van der Waals surface area contributed by atoms with E-state index >= 15 is 0 Å². The van der Waals surface area contributed by atoms with Crippen LogP contribution >= 0.6 is 0 Å². The van der Waals surface area contributed by atoms with Crippen molar-refractivity contribution in [3.8, 4) is 0 Å². The van der Waals surface area contributed by atoms with Crippen LogP contribution < -0.4 is 5.73 Å². The number of nitrogens with zero attached hydrogens (tertiary/aromatic N) is 1. The number of hydrogen-bond acceptors (Lipinski definition) is 2. The molecule has 3 heteroatoms. The van der Waals surface area contributed by atoms with Gasteiger partial charge in [-0.2, -0.15) is 0 Å². The second kappa shape index (κ2) is 5.81. The lowest BCUT2D eigenvalue weighted by atomic mass is 9.78. The molecule has 1 aliphatic rings. The highest BCUT2D eigenvalue weighted by Gasteiger charge is 2.31. The number of likely N-dealkylation sites (N-methyl/N-ethyl adjacent to an activating group) is 1. The molecule has 0 spiro atoms. The Balaban J connectivity index is 2.11. The summed E-state index contributed by atoms with van der Waals surface area (Å²) < 4.78 is 13.8. The van der Waals surface area contributed by atoms with Crippen LogP contribution in [-0.2, 0) is 0 Å². The van der Waals surface area contributed by atoms with Crippen molar-refractivity contribution in [2.75, 3.05) is 13.6 Å². The molecule has 2 atom stereocenters. The van der Waals surface area contributed by atoms with Crippen molar-refractivity contribution in [1.29, 1.82) is 0 Å². The number of hydrogen-bond donors (Lipinski definition) is 1. The van der Waals surface area contributed by atoms with E-state index in [0.717, 1.165) is 5.56 Å². The van der Waals surface area contributed by atoms with Crippen LogP contribution in [-0.4, -0.2) is 24.5 Å². The molecular weight excluding hydrogens is 227 g/mol. The van der Waals surface area contributed by atoms with Gasteiger partial charge < -0.3 is 5.73 Å². The van der Waals surface area contributed by atoms with Crippen molar-refractivity contribution in [3.63, 3.8) is 0 Å². The van der Waals surface area contributed by atoms with Gasteiger partial charge in [0.25, 0.3) is 0 Å².